The highest BCUT2D eigenvalue weighted by Crippen LogP contribution is 2.39. The van der Waals surface area contributed by atoms with Crippen LogP contribution in [-0.2, 0) is 6.54 Å². The molecule has 0 radical (unpaired) electrons. The third-order valence-electron chi connectivity index (χ3n) is 5.00. The summed E-state index contributed by atoms with van der Waals surface area (Å²) < 4.78 is 0. The maximum atomic E-state index is 3.92. The summed E-state index contributed by atoms with van der Waals surface area (Å²) in [6, 6.07) is 9.00. The van der Waals surface area contributed by atoms with Gasteiger partial charge in [0.2, 0.25) is 0 Å². The average molecular weight is 243 g/mol. The molecule has 2 aliphatic rings. The fourth-order valence-corrected chi connectivity index (χ4v) is 4.01. The topological polar surface area (TPSA) is 12.0 Å². The largest absolute Gasteiger partial charge is 0.307 e. The van der Waals surface area contributed by atoms with Crippen molar-refractivity contribution in [3.63, 3.8) is 0 Å². The normalized spacial score (nSPS) is 27.3. The van der Waals surface area contributed by atoms with E-state index in [9.17, 15) is 0 Å². The summed E-state index contributed by atoms with van der Waals surface area (Å²) in [7, 11) is 0. The molecule has 1 aromatic carbocycles. The molecule has 1 fully saturated rings. The fourth-order valence-electron chi connectivity index (χ4n) is 4.01. The van der Waals surface area contributed by atoms with Crippen molar-refractivity contribution in [2.24, 2.45) is 0 Å². The molecule has 18 heavy (non-hydrogen) atoms. The van der Waals surface area contributed by atoms with Crippen molar-refractivity contribution in [2.45, 2.75) is 69.9 Å². The molecule has 98 valence electrons. The lowest BCUT2D eigenvalue weighted by molar-refractivity contribution is 0.256. The summed E-state index contributed by atoms with van der Waals surface area (Å²) in [5.74, 6) is 0.703. The van der Waals surface area contributed by atoms with Gasteiger partial charge >= 0.3 is 0 Å². The number of hydrogen-bond acceptors (Lipinski definition) is 1. The van der Waals surface area contributed by atoms with Crippen LogP contribution in [0.15, 0.2) is 24.3 Å². The molecule has 1 nitrogen and oxygen atoms in total. The van der Waals surface area contributed by atoms with Gasteiger partial charge in [-0.3, -0.25) is 0 Å². The van der Waals surface area contributed by atoms with Crippen LogP contribution in [0.1, 0.15) is 68.9 Å². The van der Waals surface area contributed by atoms with Crippen LogP contribution in [0.2, 0.25) is 0 Å². The molecule has 1 aromatic rings. The maximum Gasteiger partial charge on any atom is 0.0213 e. The van der Waals surface area contributed by atoms with Crippen molar-refractivity contribution in [3.05, 3.63) is 35.4 Å². The van der Waals surface area contributed by atoms with E-state index in [1.165, 1.54) is 50.5 Å². The monoisotopic (exact) mass is 243 g/mol. The van der Waals surface area contributed by atoms with Gasteiger partial charge in [-0.05, 0) is 36.3 Å². The first-order chi connectivity index (χ1) is 8.79. The van der Waals surface area contributed by atoms with E-state index in [1.54, 1.807) is 5.56 Å². The Morgan fingerprint density at radius 1 is 1.06 bits per heavy atom. The van der Waals surface area contributed by atoms with E-state index < -0.39 is 0 Å². The summed E-state index contributed by atoms with van der Waals surface area (Å²) in [6.45, 7) is 3.49. The molecule has 1 spiro atoms. The first kappa shape index (κ1) is 12.2. The standard InChI is InChI=1S/C17H25N/c1-14-12-17(10-6-2-3-7-11-17)18-13-15-8-4-5-9-16(14)15/h4-5,8-9,14,18H,2-3,6-7,10-13H2,1H3/t14-/m0/s1. The van der Waals surface area contributed by atoms with Gasteiger partial charge in [0, 0.05) is 12.1 Å². The molecule has 1 atom stereocenters. The molecule has 0 aromatic heterocycles. The molecule has 1 aliphatic heterocycles. The van der Waals surface area contributed by atoms with Crippen molar-refractivity contribution in [1.82, 2.24) is 5.32 Å². The van der Waals surface area contributed by atoms with Crippen molar-refractivity contribution in [2.75, 3.05) is 0 Å². The Labute approximate surface area is 111 Å². The van der Waals surface area contributed by atoms with Gasteiger partial charge in [0.25, 0.3) is 0 Å². The highest BCUT2D eigenvalue weighted by atomic mass is 15.0. The Balaban J connectivity index is 1.86. The van der Waals surface area contributed by atoms with Crippen LogP contribution in [0, 0.1) is 0 Å². The molecule has 0 bridgehead atoms. The van der Waals surface area contributed by atoms with E-state index in [0.29, 0.717) is 11.5 Å². The molecule has 1 heterocycles. The molecule has 0 unspecified atom stereocenters. The second kappa shape index (κ2) is 5.05. The zero-order chi connectivity index (χ0) is 12.4. The first-order valence-corrected chi connectivity index (χ1v) is 7.62. The summed E-state index contributed by atoms with van der Waals surface area (Å²) >= 11 is 0. The van der Waals surface area contributed by atoms with E-state index in [-0.39, 0.29) is 0 Å². The summed E-state index contributed by atoms with van der Waals surface area (Å²) in [4.78, 5) is 0. The number of benzene rings is 1. The number of nitrogens with one attached hydrogen (secondary N) is 1. The molecular weight excluding hydrogens is 218 g/mol. The van der Waals surface area contributed by atoms with Crippen LogP contribution in [0.25, 0.3) is 0 Å². The van der Waals surface area contributed by atoms with Gasteiger partial charge in [-0.15, -0.1) is 0 Å². The van der Waals surface area contributed by atoms with E-state index in [2.05, 4.69) is 36.5 Å². The Morgan fingerprint density at radius 2 is 1.78 bits per heavy atom. The minimum Gasteiger partial charge on any atom is -0.307 e. The van der Waals surface area contributed by atoms with Gasteiger partial charge < -0.3 is 5.32 Å². The Hall–Kier alpha value is -0.820. The van der Waals surface area contributed by atoms with Crippen LogP contribution in [0.3, 0.4) is 0 Å². The lowest BCUT2D eigenvalue weighted by atomic mass is 9.80. The smallest absolute Gasteiger partial charge is 0.0213 e. The molecule has 0 amide bonds. The summed E-state index contributed by atoms with van der Waals surface area (Å²) in [6.07, 6.45) is 9.78. The predicted octanol–water partition coefficient (Wildman–Crippen LogP) is 4.38. The number of rotatable bonds is 0. The summed E-state index contributed by atoms with van der Waals surface area (Å²) in [5.41, 5.74) is 3.52. The minimum atomic E-state index is 0.426. The summed E-state index contributed by atoms with van der Waals surface area (Å²) in [5, 5.41) is 3.92. The molecule has 0 saturated heterocycles. The zero-order valence-corrected chi connectivity index (χ0v) is 11.5. The van der Waals surface area contributed by atoms with Gasteiger partial charge in [-0.25, -0.2) is 0 Å². The Kier molecular flexibility index (Phi) is 3.43. The van der Waals surface area contributed by atoms with Crippen LogP contribution in [0.4, 0.5) is 0 Å². The highest BCUT2D eigenvalue weighted by molar-refractivity contribution is 5.32. The molecular formula is C17H25N. The van der Waals surface area contributed by atoms with Crippen LogP contribution >= 0.6 is 0 Å². The van der Waals surface area contributed by atoms with E-state index in [1.807, 2.05) is 0 Å². The molecule has 3 rings (SSSR count). The van der Waals surface area contributed by atoms with Crippen molar-refractivity contribution < 1.29 is 0 Å². The van der Waals surface area contributed by atoms with Crippen molar-refractivity contribution in [1.29, 1.82) is 0 Å². The fraction of sp³-hybridized carbons (Fsp3) is 0.647. The predicted molar refractivity (Wildman–Crippen MR) is 76.7 cm³/mol. The number of hydrogen-bond donors (Lipinski definition) is 1. The van der Waals surface area contributed by atoms with Crippen LogP contribution in [0.5, 0.6) is 0 Å². The van der Waals surface area contributed by atoms with Crippen molar-refractivity contribution in [3.8, 4) is 0 Å². The van der Waals surface area contributed by atoms with Crippen LogP contribution < -0.4 is 5.32 Å². The molecule has 1 aliphatic carbocycles. The zero-order valence-electron chi connectivity index (χ0n) is 11.5. The Morgan fingerprint density at radius 3 is 2.56 bits per heavy atom. The van der Waals surface area contributed by atoms with E-state index in [0.717, 1.165) is 6.54 Å². The molecule has 1 N–H and O–H groups in total. The van der Waals surface area contributed by atoms with Gasteiger partial charge in [-0.1, -0.05) is 56.9 Å². The third kappa shape index (κ3) is 2.33. The molecule has 1 heteroatoms. The quantitative estimate of drug-likeness (QED) is 0.713. The van der Waals surface area contributed by atoms with Crippen LogP contribution in [-0.4, -0.2) is 5.54 Å². The highest BCUT2D eigenvalue weighted by Gasteiger charge is 2.34. The average Bonchev–Trinajstić information content (AvgIpc) is 2.69. The first-order valence-electron chi connectivity index (χ1n) is 7.62. The minimum absolute atomic E-state index is 0.426. The third-order valence-corrected chi connectivity index (χ3v) is 5.00. The van der Waals surface area contributed by atoms with Gasteiger partial charge in [0.15, 0.2) is 0 Å². The Bertz CT molecular complexity index is 402. The number of fused-ring (bicyclic) bond motifs is 1. The van der Waals surface area contributed by atoms with Gasteiger partial charge in [-0.2, -0.15) is 0 Å². The lowest BCUT2D eigenvalue weighted by Gasteiger charge is -2.34. The maximum absolute atomic E-state index is 3.92. The van der Waals surface area contributed by atoms with Gasteiger partial charge in [0.05, 0.1) is 0 Å². The van der Waals surface area contributed by atoms with E-state index >= 15 is 0 Å². The SMILES string of the molecule is C[C@H]1CC2(CCCCCC2)NCc2ccccc21. The van der Waals surface area contributed by atoms with E-state index in [4.69, 9.17) is 0 Å². The molecule has 1 saturated carbocycles. The lowest BCUT2D eigenvalue weighted by Crippen LogP contribution is -2.44. The second-order valence-corrected chi connectivity index (χ2v) is 6.35. The van der Waals surface area contributed by atoms with Gasteiger partial charge in [0.1, 0.15) is 0 Å². The second-order valence-electron chi connectivity index (χ2n) is 6.35. The van der Waals surface area contributed by atoms with Crippen molar-refractivity contribution >= 4 is 0 Å².